The number of aromatic nitrogens is 1. The van der Waals surface area contributed by atoms with Crippen molar-refractivity contribution in [1.82, 2.24) is 10.3 Å². The summed E-state index contributed by atoms with van der Waals surface area (Å²) in [5.41, 5.74) is 0.794. The Morgan fingerprint density at radius 1 is 1.15 bits per heavy atom. The predicted octanol–water partition coefficient (Wildman–Crippen LogP) is 2.40. The Morgan fingerprint density at radius 3 is 2.45 bits per heavy atom. The van der Waals surface area contributed by atoms with Crippen LogP contribution >= 0.6 is 15.9 Å². The van der Waals surface area contributed by atoms with Crippen molar-refractivity contribution in [2.75, 3.05) is 0 Å². The summed E-state index contributed by atoms with van der Waals surface area (Å²) in [6.07, 6.45) is 1.53. The molecule has 0 aliphatic heterocycles. The zero-order valence-electron chi connectivity index (χ0n) is 10.3. The van der Waals surface area contributed by atoms with Gasteiger partial charge in [0.15, 0.2) is 6.04 Å². The molecule has 0 spiro atoms. The Hall–Kier alpha value is -2.21. The lowest BCUT2D eigenvalue weighted by atomic mass is 10.1. The van der Waals surface area contributed by atoms with Crippen LogP contribution in [0.3, 0.4) is 0 Å². The molecule has 5 nitrogen and oxygen atoms in total. The van der Waals surface area contributed by atoms with E-state index in [1.807, 2.05) is 0 Å². The van der Waals surface area contributed by atoms with Gasteiger partial charge in [-0.1, -0.05) is 30.3 Å². The Bertz CT molecular complexity index is 631. The van der Waals surface area contributed by atoms with E-state index in [1.54, 1.807) is 42.5 Å². The first-order valence-corrected chi connectivity index (χ1v) is 6.58. The van der Waals surface area contributed by atoms with Crippen molar-refractivity contribution in [2.24, 2.45) is 0 Å². The lowest BCUT2D eigenvalue weighted by Crippen LogP contribution is -2.34. The van der Waals surface area contributed by atoms with Crippen LogP contribution in [0, 0.1) is 0 Å². The number of hydrogen-bond acceptors (Lipinski definition) is 3. The molecule has 2 rings (SSSR count). The second kappa shape index (κ2) is 6.29. The van der Waals surface area contributed by atoms with Gasteiger partial charge in [-0.05, 0) is 33.6 Å². The van der Waals surface area contributed by atoms with E-state index >= 15 is 0 Å². The normalized spacial score (nSPS) is 11.7. The molecule has 0 aliphatic rings. The van der Waals surface area contributed by atoms with Gasteiger partial charge in [-0.15, -0.1) is 0 Å². The minimum atomic E-state index is -1.12. The van der Waals surface area contributed by atoms with Crippen molar-refractivity contribution in [3.63, 3.8) is 0 Å². The molecule has 0 saturated carbocycles. The van der Waals surface area contributed by atoms with Gasteiger partial charge in [0.05, 0.1) is 5.56 Å². The van der Waals surface area contributed by atoms with Crippen LogP contribution in [0.2, 0.25) is 0 Å². The highest BCUT2D eigenvalue weighted by Crippen LogP contribution is 2.16. The van der Waals surface area contributed by atoms with E-state index < -0.39 is 17.9 Å². The van der Waals surface area contributed by atoms with Crippen LogP contribution in [0.5, 0.6) is 0 Å². The summed E-state index contributed by atoms with van der Waals surface area (Å²) < 4.78 is 0.370. The van der Waals surface area contributed by atoms with Crippen LogP contribution in [0.15, 0.2) is 53.3 Å². The summed E-state index contributed by atoms with van der Waals surface area (Å²) in [7, 11) is 0. The maximum atomic E-state index is 12.1. The highest BCUT2D eigenvalue weighted by atomic mass is 79.9. The number of hydrogen-bond donors (Lipinski definition) is 2. The molecule has 1 aromatic carbocycles. The summed E-state index contributed by atoms with van der Waals surface area (Å²) in [6, 6.07) is 10.6. The lowest BCUT2D eigenvalue weighted by molar-refractivity contribution is -0.139. The molecule has 1 aromatic heterocycles. The van der Waals surface area contributed by atoms with Crippen LogP contribution in [0.25, 0.3) is 0 Å². The number of benzene rings is 1. The second-order valence-corrected chi connectivity index (χ2v) is 4.75. The topological polar surface area (TPSA) is 79.3 Å². The molecule has 0 saturated heterocycles. The SMILES string of the molecule is O=C(N[C@@H](C(=O)O)c1ccccc1)c1cccnc1Br. The first-order chi connectivity index (χ1) is 9.59. The molecular weight excluding hydrogens is 324 g/mol. The maximum absolute atomic E-state index is 12.1. The monoisotopic (exact) mass is 334 g/mol. The summed E-state index contributed by atoms with van der Waals surface area (Å²) in [5, 5.41) is 11.7. The number of nitrogens with one attached hydrogen (secondary N) is 1. The van der Waals surface area contributed by atoms with Crippen molar-refractivity contribution in [3.8, 4) is 0 Å². The number of carbonyl (C=O) groups is 2. The van der Waals surface area contributed by atoms with E-state index in [-0.39, 0.29) is 5.56 Å². The number of carboxylic acids is 1. The van der Waals surface area contributed by atoms with Crippen LogP contribution in [0.1, 0.15) is 22.0 Å². The highest BCUT2D eigenvalue weighted by Gasteiger charge is 2.23. The fraction of sp³-hybridized carbons (Fsp3) is 0.0714. The molecule has 0 bridgehead atoms. The van der Waals surface area contributed by atoms with Gasteiger partial charge in [0.25, 0.3) is 5.91 Å². The van der Waals surface area contributed by atoms with Crippen molar-refractivity contribution in [1.29, 1.82) is 0 Å². The first-order valence-electron chi connectivity index (χ1n) is 5.78. The zero-order valence-corrected chi connectivity index (χ0v) is 11.9. The number of rotatable bonds is 4. The van der Waals surface area contributed by atoms with Crippen molar-refractivity contribution >= 4 is 27.8 Å². The van der Waals surface area contributed by atoms with Crippen LogP contribution < -0.4 is 5.32 Å². The third kappa shape index (κ3) is 3.21. The molecule has 2 aromatic rings. The smallest absolute Gasteiger partial charge is 0.330 e. The molecule has 0 aliphatic carbocycles. The molecule has 0 fully saturated rings. The number of nitrogens with zero attached hydrogens (tertiary/aromatic N) is 1. The Morgan fingerprint density at radius 2 is 1.85 bits per heavy atom. The van der Waals surface area contributed by atoms with E-state index in [4.69, 9.17) is 0 Å². The van der Waals surface area contributed by atoms with Gasteiger partial charge in [-0.25, -0.2) is 9.78 Å². The number of aliphatic carboxylic acids is 1. The van der Waals surface area contributed by atoms with E-state index in [9.17, 15) is 14.7 Å². The maximum Gasteiger partial charge on any atom is 0.330 e. The molecule has 2 N–H and O–H groups in total. The van der Waals surface area contributed by atoms with Crippen LogP contribution in [-0.2, 0) is 4.79 Å². The summed E-state index contributed by atoms with van der Waals surface area (Å²) >= 11 is 3.16. The fourth-order valence-electron chi connectivity index (χ4n) is 1.70. The van der Waals surface area contributed by atoms with Crippen molar-refractivity contribution in [2.45, 2.75) is 6.04 Å². The standard InChI is InChI=1S/C14H11BrN2O3/c15-12-10(7-4-8-16-12)13(18)17-11(14(19)20)9-5-2-1-3-6-9/h1-8,11H,(H,17,18)(H,19,20)/t11-/m1/s1. The van der Waals surface area contributed by atoms with Crippen LogP contribution in [0.4, 0.5) is 0 Å². The van der Waals surface area contributed by atoms with Gasteiger partial charge in [0.1, 0.15) is 4.60 Å². The number of amides is 1. The predicted molar refractivity (Wildman–Crippen MR) is 76.2 cm³/mol. The molecule has 0 unspecified atom stereocenters. The average Bonchev–Trinajstić information content (AvgIpc) is 2.45. The third-order valence-electron chi connectivity index (χ3n) is 2.66. The largest absolute Gasteiger partial charge is 0.479 e. The van der Waals surface area contributed by atoms with Gasteiger partial charge < -0.3 is 10.4 Å². The zero-order chi connectivity index (χ0) is 14.5. The average molecular weight is 335 g/mol. The molecule has 1 atom stereocenters. The second-order valence-electron chi connectivity index (χ2n) is 4.00. The molecular formula is C14H11BrN2O3. The summed E-state index contributed by atoms with van der Waals surface area (Å²) in [5.74, 6) is -1.62. The van der Waals surface area contributed by atoms with Gasteiger partial charge in [-0.3, -0.25) is 4.79 Å². The third-order valence-corrected chi connectivity index (χ3v) is 3.29. The number of carbonyl (C=O) groups excluding carboxylic acids is 1. The van der Waals surface area contributed by atoms with Gasteiger partial charge in [0.2, 0.25) is 0 Å². The summed E-state index contributed by atoms with van der Waals surface area (Å²) in [4.78, 5) is 27.4. The minimum absolute atomic E-state index is 0.287. The van der Waals surface area contributed by atoms with E-state index in [0.717, 1.165) is 0 Å². The highest BCUT2D eigenvalue weighted by molar-refractivity contribution is 9.10. The Labute approximate surface area is 123 Å². The van der Waals surface area contributed by atoms with Crippen molar-refractivity contribution in [3.05, 3.63) is 64.4 Å². The molecule has 1 amide bonds. The van der Waals surface area contributed by atoms with Gasteiger partial charge in [0, 0.05) is 6.20 Å². The van der Waals surface area contributed by atoms with Gasteiger partial charge in [-0.2, -0.15) is 0 Å². The summed E-state index contributed by atoms with van der Waals surface area (Å²) in [6.45, 7) is 0. The number of carboxylic acid groups (broad SMARTS) is 1. The van der Waals surface area contributed by atoms with E-state index in [0.29, 0.717) is 10.2 Å². The van der Waals surface area contributed by atoms with E-state index in [2.05, 4.69) is 26.2 Å². The van der Waals surface area contributed by atoms with E-state index in [1.165, 1.54) is 6.20 Å². The molecule has 1 heterocycles. The molecule has 0 radical (unpaired) electrons. The Kier molecular flexibility index (Phi) is 4.47. The number of halogens is 1. The molecule has 6 heteroatoms. The van der Waals surface area contributed by atoms with Crippen LogP contribution in [-0.4, -0.2) is 22.0 Å². The lowest BCUT2D eigenvalue weighted by Gasteiger charge is -2.15. The molecule has 20 heavy (non-hydrogen) atoms. The minimum Gasteiger partial charge on any atom is -0.479 e. The van der Waals surface area contributed by atoms with Gasteiger partial charge >= 0.3 is 5.97 Å². The molecule has 102 valence electrons. The first kappa shape index (κ1) is 14.2. The van der Waals surface area contributed by atoms with Crippen molar-refractivity contribution < 1.29 is 14.7 Å². The number of pyridine rings is 1. The Balaban J connectivity index is 2.24. The fourth-order valence-corrected chi connectivity index (χ4v) is 2.13. The quantitative estimate of drug-likeness (QED) is 0.841.